The van der Waals surface area contributed by atoms with Gasteiger partial charge in [-0.05, 0) is 38.5 Å². The molecule has 0 saturated carbocycles. The molecule has 0 bridgehead atoms. The van der Waals surface area contributed by atoms with Crippen molar-refractivity contribution in [3.05, 3.63) is 12.2 Å². The summed E-state index contributed by atoms with van der Waals surface area (Å²) < 4.78 is 21.4. The number of carbonyl (C=O) groups is 1. The molecular formula is C22H41O5P. The lowest BCUT2D eigenvalue weighted by molar-refractivity contribution is -0.146. The van der Waals surface area contributed by atoms with E-state index in [0.717, 1.165) is 25.7 Å². The van der Waals surface area contributed by atoms with E-state index in [-0.39, 0.29) is 18.7 Å². The van der Waals surface area contributed by atoms with Crippen LogP contribution in [0.25, 0.3) is 0 Å². The summed E-state index contributed by atoms with van der Waals surface area (Å²) in [6.45, 7) is 2.35. The molecule has 1 aliphatic heterocycles. The quantitative estimate of drug-likeness (QED) is 0.126. The summed E-state index contributed by atoms with van der Waals surface area (Å²) >= 11 is 0. The number of carbonyl (C=O) groups excluding carboxylic acids is 1. The van der Waals surface area contributed by atoms with Crippen LogP contribution in [-0.4, -0.2) is 29.7 Å². The molecule has 1 rings (SSSR count). The van der Waals surface area contributed by atoms with Crippen LogP contribution in [0.5, 0.6) is 0 Å². The smallest absolute Gasteiger partial charge is 0.328 e. The first-order valence-electron chi connectivity index (χ1n) is 11.3. The van der Waals surface area contributed by atoms with Crippen molar-refractivity contribution < 1.29 is 23.5 Å². The predicted octanol–water partition coefficient (Wildman–Crippen LogP) is 6.54. The minimum Gasteiger partial charge on any atom is -0.463 e. The second-order valence-corrected chi connectivity index (χ2v) is 9.83. The van der Waals surface area contributed by atoms with Crippen LogP contribution in [0, 0.1) is 0 Å². The second-order valence-electron chi connectivity index (χ2n) is 7.89. The van der Waals surface area contributed by atoms with Crippen LogP contribution in [0.3, 0.4) is 0 Å². The molecule has 0 aromatic rings. The molecule has 1 heterocycles. The normalized spacial score (nSPS) is 22.1. The average molecular weight is 417 g/mol. The minimum atomic E-state index is -3.41. The zero-order valence-electron chi connectivity index (χ0n) is 17.8. The van der Waals surface area contributed by atoms with E-state index in [2.05, 4.69) is 19.1 Å². The molecule has 1 saturated heterocycles. The van der Waals surface area contributed by atoms with E-state index < -0.39 is 13.7 Å². The molecule has 6 heteroatoms. The molecule has 0 radical (unpaired) electrons. The highest BCUT2D eigenvalue weighted by atomic mass is 31.2. The van der Waals surface area contributed by atoms with Crippen molar-refractivity contribution in [1.29, 1.82) is 0 Å². The molecule has 28 heavy (non-hydrogen) atoms. The first kappa shape index (κ1) is 25.4. The summed E-state index contributed by atoms with van der Waals surface area (Å²) in [4.78, 5) is 20.9. The number of rotatable bonds is 17. The Labute approximate surface area is 171 Å². The van der Waals surface area contributed by atoms with Crippen molar-refractivity contribution in [3.8, 4) is 0 Å². The molecule has 0 aliphatic carbocycles. The van der Waals surface area contributed by atoms with E-state index in [4.69, 9.17) is 9.26 Å². The molecular weight excluding hydrogens is 375 g/mol. The third-order valence-electron chi connectivity index (χ3n) is 5.12. The van der Waals surface area contributed by atoms with Crippen molar-refractivity contribution in [1.82, 2.24) is 0 Å². The predicted molar refractivity (Wildman–Crippen MR) is 115 cm³/mol. The van der Waals surface area contributed by atoms with Crippen molar-refractivity contribution in [2.45, 2.75) is 109 Å². The van der Waals surface area contributed by atoms with Crippen LogP contribution in [0.4, 0.5) is 0 Å². The van der Waals surface area contributed by atoms with Crippen LogP contribution in [-0.2, 0) is 18.6 Å². The van der Waals surface area contributed by atoms with E-state index in [1.165, 1.54) is 57.8 Å². The van der Waals surface area contributed by atoms with E-state index in [0.29, 0.717) is 12.8 Å². The van der Waals surface area contributed by atoms with Gasteiger partial charge in [0, 0.05) is 6.42 Å². The van der Waals surface area contributed by atoms with Crippen LogP contribution < -0.4 is 0 Å². The van der Waals surface area contributed by atoms with Crippen LogP contribution >= 0.6 is 7.60 Å². The summed E-state index contributed by atoms with van der Waals surface area (Å²) in [6, 6.07) is 0. The Kier molecular flexibility index (Phi) is 14.7. The maximum Gasteiger partial charge on any atom is 0.328 e. The third kappa shape index (κ3) is 14.4. The monoisotopic (exact) mass is 416 g/mol. The van der Waals surface area contributed by atoms with Crippen molar-refractivity contribution in [2.24, 2.45) is 0 Å². The van der Waals surface area contributed by atoms with Gasteiger partial charge >= 0.3 is 13.6 Å². The average Bonchev–Trinajstić information content (AvgIpc) is 3.02. The molecule has 0 aromatic carbocycles. The zero-order valence-corrected chi connectivity index (χ0v) is 18.7. The Morgan fingerprint density at radius 2 is 1.57 bits per heavy atom. The topological polar surface area (TPSA) is 72.8 Å². The van der Waals surface area contributed by atoms with Gasteiger partial charge in [-0.3, -0.25) is 9.36 Å². The lowest BCUT2D eigenvalue weighted by Crippen LogP contribution is -2.17. The number of hydrogen-bond acceptors (Lipinski definition) is 4. The summed E-state index contributed by atoms with van der Waals surface area (Å²) in [6.07, 6.45) is 21.3. The van der Waals surface area contributed by atoms with E-state index in [1.54, 1.807) is 0 Å². The molecule has 164 valence electrons. The van der Waals surface area contributed by atoms with Gasteiger partial charge in [0.25, 0.3) is 0 Å². The number of allylic oxidation sites excluding steroid dienone is 2. The highest BCUT2D eigenvalue weighted by Crippen LogP contribution is 2.50. The summed E-state index contributed by atoms with van der Waals surface area (Å²) in [5.74, 6) is -0.235. The van der Waals surface area contributed by atoms with Gasteiger partial charge < -0.3 is 14.2 Å². The molecule has 1 fully saturated rings. The Morgan fingerprint density at radius 1 is 1.00 bits per heavy atom. The fraction of sp³-hybridized carbons (Fsp3) is 0.864. The van der Waals surface area contributed by atoms with Gasteiger partial charge in [-0.1, -0.05) is 70.4 Å². The fourth-order valence-electron chi connectivity index (χ4n) is 3.36. The Balaban J connectivity index is 1.81. The zero-order chi connectivity index (χ0) is 20.5. The third-order valence-corrected chi connectivity index (χ3v) is 6.57. The Bertz CT molecular complexity index is 478. The SMILES string of the molecule is CCCCCCCCC=CCCCCCCCC(=O)OCC1CCP(=O)(O)O1. The molecule has 2 atom stereocenters. The number of hydrogen-bond donors (Lipinski definition) is 1. The van der Waals surface area contributed by atoms with Gasteiger partial charge in [0.05, 0.1) is 6.16 Å². The summed E-state index contributed by atoms with van der Waals surface area (Å²) in [5, 5.41) is 0. The van der Waals surface area contributed by atoms with E-state index in [1.807, 2.05) is 0 Å². The number of unbranched alkanes of at least 4 members (excludes halogenated alkanes) is 11. The van der Waals surface area contributed by atoms with E-state index in [9.17, 15) is 14.3 Å². The standard InChI is InChI=1S/C22H41O5P/c1-2-3-4-5-6-7-8-9-10-11-12-13-14-15-16-17-22(23)26-20-21-18-19-28(24,25)27-21/h9-10,21H,2-8,11-20H2,1H3,(H,24,25). The Hall–Kier alpha value is -0.640. The van der Waals surface area contributed by atoms with Gasteiger partial charge in [0.2, 0.25) is 0 Å². The van der Waals surface area contributed by atoms with Gasteiger partial charge in [-0.15, -0.1) is 0 Å². The van der Waals surface area contributed by atoms with E-state index >= 15 is 0 Å². The van der Waals surface area contributed by atoms with Crippen molar-refractivity contribution in [3.63, 3.8) is 0 Å². The molecule has 0 aromatic heterocycles. The molecule has 5 nitrogen and oxygen atoms in total. The summed E-state index contributed by atoms with van der Waals surface area (Å²) in [7, 11) is -3.41. The van der Waals surface area contributed by atoms with Gasteiger partial charge in [-0.2, -0.15) is 0 Å². The van der Waals surface area contributed by atoms with Crippen molar-refractivity contribution >= 4 is 13.6 Å². The maximum absolute atomic E-state index is 11.7. The Morgan fingerprint density at radius 3 is 2.14 bits per heavy atom. The fourth-order valence-corrected chi connectivity index (χ4v) is 4.71. The molecule has 2 unspecified atom stereocenters. The number of esters is 1. The highest BCUT2D eigenvalue weighted by Gasteiger charge is 2.33. The molecule has 1 aliphatic rings. The largest absolute Gasteiger partial charge is 0.463 e. The number of ether oxygens (including phenoxy) is 1. The van der Waals surface area contributed by atoms with Gasteiger partial charge in [0.15, 0.2) is 0 Å². The van der Waals surface area contributed by atoms with Gasteiger partial charge in [0.1, 0.15) is 12.7 Å². The summed E-state index contributed by atoms with van der Waals surface area (Å²) in [5.41, 5.74) is 0. The maximum atomic E-state index is 11.7. The van der Waals surface area contributed by atoms with Gasteiger partial charge in [-0.25, -0.2) is 0 Å². The van der Waals surface area contributed by atoms with Crippen molar-refractivity contribution in [2.75, 3.05) is 12.8 Å². The molecule has 1 N–H and O–H groups in total. The first-order chi connectivity index (χ1) is 13.5. The molecule has 0 spiro atoms. The second kappa shape index (κ2) is 16.2. The molecule has 0 amide bonds. The van der Waals surface area contributed by atoms with Crippen LogP contribution in [0.1, 0.15) is 103 Å². The van der Waals surface area contributed by atoms with Crippen LogP contribution in [0.15, 0.2) is 12.2 Å². The van der Waals surface area contributed by atoms with Crippen LogP contribution in [0.2, 0.25) is 0 Å². The lowest BCUT2D eigenvalue weighted by Gasteiger charge is -2.10. The lowest BCUT2D eigenvalue weighted by atomic mass is 10.1. The first-order valence-corrected chi connectivity index (χ1v) is 13.1. The minimum absolute atomic E-state index is 0.0917. The highest BCUT2D eigenvalue weighted by molar-refractivity contribution is 7.53.